The molecular weight excluding hydrogens is 725 g/mol. The second-order valence-corrected chi connectivity index (χ2v) is 19.5. The molecule has 0 aromatic heterocycles. The number of rotatable bonds is 8. The fraction of sp³-hybridized carbons (Fsp3) is 0.849. The molecule has 54 heavy (non-hydrogen) atoms. The summed E-state index contributed by atoms with van der Waals surface area (Å²) in [5, 5.41) is 0. The van der Waals surface area contributed by atoms with Gasteiger partial charge >= 0.3 is 0 Å². The second kappa shape index (κ2) is 36.4. The molecule has 0 bridgehead atoms. The summed E-state index contributed by atoms with van der Waals surface area (Å²) in [4.78, 5) is 0. The van der Waals surface area contributed by atoms with Gasteiger partial charge in [-0.1, -0.05) is 212 Å². The van der Waals surface area contributed by atoms with Gasteiger partial charge in [-0.2, -0.15) is 39.5 Å². The van der Waals surface area contributed by atoms with Crippen LogP contribution in [0.2, 0.25) is 0 Å². The minimum absolute atomic E-state index is 0. The number of hydrogen-bond donors (Lipinski definition) is 0. The minimum atomic E-state index is 0. The van der Waals surface area contributed by atoms with Gasteiger partial charge in [0, 0.05) is 32.7 Å². The van der Waals surface area contributed by atoms with Crippen molar-refractivity contribution in [2.75, 3.05) is 0 Å². The van der Waals surface area contributed by atoms with Gasteiger partial charge in [0.25, 0.3) is 0 Å². The molecule has 0 nitrogen and oxygen atoms in total. The van der Waals surface area contributed by atoms with Crippen LogP contribution in [-0.2, 0) is 32.7 Å². The van der Waals surface area contributed by atoms with Gasteiger partial charge in [0.15, 0.2) is 0 Å². The molecule has 0 aliphatic heterocycles. The van der Waals surface area contributed by atoms with E-state index < -0.39 is 0 Å². The van der Waals surface area contributed by atoms with Crippen LogP contribution in [0, 0.1) is 69.5 Å². The third-order valence-electron chi connectivity index (χ3n) is 12.6. The molecular formula is C53H112Y-2. The fourth-order valence-corrected chi connectivity index (χ4v) is 5.46. The number of hydrogen-bond acceptors (Lipinski definition) is 0. The summed E-state index contributed by atoms with van der Waals surface area (Å²) in [7, 11) is 0. The quantitative estimate of drug-likeness (QED) is 0.229. The van der Waals surface area contributed by atoms with Crippen molar-refractivity contribution in [3.63, 3.8) is 0 Å². The van der Waals surface area contributed by atoms with Crippen LogP contribution in [0.5, 0.6) is 0 Å². The van der Waals surface area contributed by atoms with Crippen molar-refractivity contribution in [3.8, 4) is 0 Å². The largest absolute Gasteiger partial charge is 0.317 e. The number of benzene rings is 1. The molecule has 0 heterocycles. The van der Waals surface area contributed by atoms with Crippen molar-refractivity contribution in [2.45, 2.75) is 240 Å². The maximum atomic E-state index is 2.40. The van der Waals surface area contributed by atoms with Crippen LogP contribution in [0.3, 0.4) is 0 Å². The Balaban J connectivity index is -0.0000000807. The molecule has 0 amide bonds. The maximum Gasteiger partial charge on any atom is 0 e. The molecule has 1 aliphatic rings. The van der Waals surface area contributed by atoms with Crippen LogP contribution in [0.1, 0.15) is 251 Å². The van der Waals surface area contributed by atoms with Crippen molar-refractivity contribution in [2.24, 2.45) is 57.7 Å². The van der Waals surface area contributed by atoms with Crippen LogP contribution >= 0.6 is 0 Å². The first kappa shape index (κ1) is 72.0. The van der Waals surface area contributed by atoms with E-state index in [1.54, 1.807) is 0 Å². The summed E-state index contributed by atoms with van der Waals surface area (Å²) in [6.45, 7) is 65.2. The van der Waals surface area contributed by atoms with Gasteiger partial charge in [-0.25, -0.2) is 0 Å². The molecule has 1 aromatic carbocycles. The van der Waals surface area contributed by atoms with Crippen LogP contribution in [0.25, 0.3) is 0 Å². The van der Waals surface area contributed by atoms with Crippen LogP contribution in [0.15, 0.2) is 24.3 Å². The second-order valence-electron chi connectivity index (χ2n) is 19.5. The van der Waals surface area contributed by atoms with Crippen molar-refractivity contribution in [3.05, 3.63) is 47.2 Å². The van der Waals surface area contributed by atoms with E-state index in [4.69, 9.17) is 0 Å². The summed E-state index contributed by atoms with van der Waals surface area (Å²) in [6.07, 6.45) is 2.97. The van der Waals surface area contributed by atoms with Crippen molar-refractivity contribution in [1.29, 1.82) is 0 Å². The average Bonchev–Trinajstić information content (AvgIpc) is 2.98. The van der Waals surface area contributed by atoms with Gasteiger partial charge in [-0.15, -0.1) is 0 Å². The molecule has 1 radical (unpaired) electrons. The van der Waals surface area contributed by atoms with E-state index in [1.807, 2.05) is 27.7 Å². The van der Waals surface area contributed by atoms with Crippen LogP contribution < -0.4 is 0 Å². The topological polar surface area (TPSA) is 0 Å². The molecule has 2 rings (SSSR count). The monoisotopic (exact) mass is 838 g/mol. The molecule has 329 valence electrons. The van der Waals surface area contributed by atoms with Crippen LogP contribution in [-0.4, -0.2) is 0 Å². The Hall–Kier alpha value is 0.324. The van der Waals surface area contributed by atoms with E-state index in [9.17, 15) is 0 Å². The summed E-state index contributed by atoms with van der Waals surface area (Å²) in [5.74, 6) is 10.5. The van der Waals surface area contributed by atoms with Gasteiger partial charge < -0.3 is 11.8 Å². The van der Waals surface area contributed by atoms with E-state index in [1.165, 1.54) is 35.8 Å². The first-order valence-electron chi connectivity index (χ1n) is 21.7. The third-order valence-corrected chi connectivity index (χ3v) is 12.6. The third kappa shape index (κ3) is 29.5. The zero-order valence-corrected chi connectivity index (χ0v) is 44.8. The minimum Gasteiger partial charge on any atom is -0.317 e. The Morgan fingerprint density at radius 2 is 0.722 bits per heavy atom. The predicted octanol–water partition coefficient (Wildman–Crippen LogP) is 19.8. The first-order chi connectivity index (χ1) is 23.0. The van der Waals surface area contributed by atoms with Gasteiger partial charge in [0.2, 0.25) is 0 Å². The Labute approximate surface area is 375 Å². The molecule has 1 heteroatoms. The average molecular weight is 838 g/mol. The fourth-order valence-electron chi connectivity index (χ4n) is 5.46. The van der Waals surface area contributed by atoms with Gasteiger partial charge in [0.05, 0.1) is 0 Å². The van der Waals surface area contributed by atoms with Gasteiger partial charge in [-0.3, -0.25) is 0 Å². The van der Waals surface area contributed by atoms with Crippen molar-refractivity contribution in [1.82, 2.24) is 0 Å². The molecule has 1 aromatic rings. The zero-order valence-electron chi connectivity index (χ0n) is 42.0. The molecule has 0 N–H and O–H groups in total. The van der Waals surface area contributed by atoms with Gasteiger partial charge in [-0.05, 0) is 81.6 Å². The normalized spacial score (nSPS) is 14.9. The van der Waals surface area contributed by atoms with E-state index >= 15 is 0 Å². The summed E-state index contributed by atoms with van der Waals surface area (Å²) < 4.78 is 0. The molecule has 0 saturated heterocycles. The molecule has 2 unspecified atom stereocenters. The molecule has 1 fully saturated rings. The maximum absolute atomic E-state index is 2.40. The Morgan fingerprint density at radius 1 is 0.500 bits per heavy atom. The summed E-state index contributed by atoms with van der Waals surface area (Å²) in [6, 6.07) is 8.72. The SMILES string of the molecule is C.C.CC.CC.CC(C)C(C)(C)C(C)(C)C(C)(C)C.CC(C)C1CCC1C(C)C.CC(C)c1ccccc1C(C)C.C[C-](C)C(C)C.C[C-](C)C(C)C.[Y]. The molecule has 0 spiro atoms. The predicted molar refractivity (Wildman–Crippen MR) is 257 cm³/mol. The Bertz CT molecular complexity index is 821. The Morgan fingerprint density at radius 3 is 0.815 bits per heavy atom. The van der Waals surface area contributed by atoms with Crippen LogP contribution in [0.4, 0.5) is 0 Å². The smallest absolute Gasteiger partial charge is 0 e. The molecule has 1 saturated carbocycles. The van der Waals surface area contributed by atoms with Crippen molar-refractivity contribution < 1.29 is 32.7 Å². The van der Waals surface area contributed by atoms with E-state index in [2.05, 4.69) is 197 Å². The molecule has 1 aliphatic carbocycles. The van der Waals surface area contributed by atoms with Crippen molar-refractivity contribution >= 4 is 0 Å². The van der Waals surface area contributed by atoms with E-state index in [-0.39, 0.29) is 47.6 Å². The standard InChI is InChI=1S/C13H28.C12H18.C10H20.2C6H13.2C2H6.2CH4.Y/c1-10(2)12(6,7)13(8,9)11(3,4)5;1-9(2)11-7-5-6-8-12(11)10(3)4;1-7(2)9-5-6-10(9)8(3)4;2*1-5(2)6(3)4;2*1-2;;;/h10H,1-9H3;5-10H,1-4H3;7-10H,5-6H2,1-4H3;2*5H,1-4H3;2*1-2H3;2*1H4;/q;;;2*-1;;;;;. The van der Waals surface area contributed by atoms with Gasteiger partial charge in [0.1, 0.15) is 0 Å². The van der Waals surface area contributed by atoms with E-state index in [0.717, 1.165) is 41.4 Å². The zero-order chi connectivity index (χ0) is 42.2. The molecule has 2 atom stereocenters. The first-order valence-corrected chi connectivity index (χ1v) is 21.7. The van der Waals surface area contributed by atoms with E-state index in [0.29, 0.717) is 28.1 Å². The summed E-state index contributed by atoms with van der Waals surface area (Å²) >= 11 is 0. The Kier molecular flexibility index (Phi) is 48.5. The summed E-state index contributed by atoms with van der Waals surface area (Å²) in [5.41, 5.74) is 4.08.